The molecule has 0 aliphatic carbocycles. The van der Waals surface area contributed by atoms with Crippen LogP contribution in [0.5, 0.6) is 0 Å². The van der Waals surface area contributed by atoms with Gasteiger partial charge in [-0.05, 0) is 31.0 Å². The van der Waals surface area contributed by atoms with Crippen LogP contribution in [0.3, 0.4) is 0 Å². The van der Waals surface area contributed by atoms with Crippen LogP contribution in [0.1, 0.15) is 56.6 Å². The van der Waals surface area contributed by atoms with E-state index in [9.17, 15) is 0 Å². The maximum atomic E-state index is 2.56. The highest BCUT2D eigenvalue weighted by atomic mass is 15.2. The van der Waals surface area contributed by atoms with E-state index < -0.39 is 0 Å². The number of aromatic nitrogens is 1. The van der Waals surface area contributed by atoms with Gasteiger partial charge in [0.15, 0.2) is 0 Å². The number of hydrogen-bond donors (Lipinski definition) is 0. The highest BCUT2D eigenvalue weighted by molar-refractivity contribution is 5.34. The molecule has 1 unspecified atom stereocenters. The summed E-state index contributed by atoms with van der Waals surface area (Å²) in [6, 6.07) is 3.01. The molecule has 0 aromatic carbocycles. The minimum absolute atomic E-state index is 0.590. The first-order valence-corrected chi connectivity index (χ1v) is 6.48. The fourth-order valence-corrected chi connectivity index (χ4v) is 2.99. The zero-order valence-corrected chi connectivity index (χ0v) is 11.2. The van der Waals surface area contributed by atoms with Gasteiger partial charge in [-0.3, -0.25) is 4.90 Å². The lowest BCUT2D eigenvalue weighted by Crippen LogP contribution is -2.33. The van der Waals surface area contributed by atoms with Crippen molar-refractivity contribution in [3.63, 3.8) is 0 Å². The van der Waals surface area contributed by atoms with E-state index in [1.54, 1.807) is 11.3 Å². The minimum atomic E-state index is 0.590. The van der Waals surface area contributed by atoms with Gasteiger partial charge < -0.3 is 4.57 Å². The van der Waals surface area contributed by atoms with Gasteiger partial charge in [-0.25, -0.2) is 0 Å². The molecule has 1 aliphatic rings. The Morgan fingerprint density at radius 2 is 2.12 bits per heavy atom. The summed E-state index contributed by atoms with van der Waals surface area (Å²) in [5.74, 6) is 0.623. The number of rotatable bonds is 2. The Morgan fingerprint density at radius 1 is 1.44 bits per heavy atom. The molecule has 16 heavy (non-hydrogen) atoms. The van der Waals surface area contributed by atoms with Gasteiger partial charge in [0.2, 0.25) is 0 Å². The standard InChI is InChI=1S/C14H24N2/c1-6-16-8-7-13-12(11(16)4)9-14(10(2)3)15(13)5/h9-11H,6-8H2,1-5H3. The van der Waals surface area contributed by atoms with Crippen LogP contribution in [0.15, 0.2) is 6.07 Å². The normalized spacial score (nSPS) is 21.5. The number of fused-ring (bicyclic) bond motifs is 1. The summed E-state index contributed by atoms with van der Waals surface area (Å²) < 4.78 is 2.42. The van der Waals surface area contributed by atoms with Crippen molar-refractivity contribution in [2.24, 2.45) is 7.05 Å². The second kappa shape index (κ2) is 4.25. The van der Waals surface area contributed by atoms with Gasteiger partial charge in [0.1, 0.15) is 0 Å². The van der Waals surface area contributed by atoms with E-state index in [1.807, 2.05) is 0 Å². The molecule has 2 nitrogen and oxygen atoms in total. The van der Waals surface area contributed by atoms with Crippen LogP contribution < -0.4 is 0 Å². The lowest BCUT2D eigenvalue weighted by atomic mass is 9.99. The van der Waals surface area contributed by atoms with Crippen LogP contribution in [-0.4, -0.2) is 22.6 Å². The molecule has 0 bridgehead atoms. The molecule has 0 fully saturated rings. The van der Waals surface area contributed by atoms with Gasteiger partial charge in [-0.15, -0.1) is 0 Å². The SMILES string of the molecule is CCN1CCc2c(cc(C(C)C)n2C)C1C. The predicted molar refractivity (Wildman–Crippen MR) is 68.9 cm³/mol. The third-order valence-electron chi connectivity index (χ3n) is 4.06. The van der Waals surface area contributed by atoms with Crippen LogP contribution in [0.25, 0.3) is 0 Å². The Balaban J connectivity index is 2.42. The van der Waals surface area contributed by atoms with Crippen LogP contribution >= 0.6 is 0 Å². The fraction of sp³-hybridized carbons (Fsp3) is 0.714. The topological polar surface area (TPSA) is 8.17 Å². The molecule has 0 spiro atoms. The van der Waals surface area contributed by atoms with E-state index >= 15 is 0 Å². The molecule has 1 aromatic heterocycles. The molecule has 1 aliphatic heterocycles. The molecule has 2 rings (SSSR count). The summed E-state index contributed by atoms with van der Waals surface area (Å²) in [5, 5.41) is 0. The van der Waals surface area contributed by atoms with Crippen molar-refractivity contribution >= 4 is 0 Å². The van der Waals surface area contributed by atoms with E-state index in [2.05, 4.69) is 50.3 Å². The molecule has 90 valence electrons. The molecule has 0 saturated heterocycles. The molecule has 0 amide bonds. The monoisotopic (exact) mass is 220 g/mol. The van der Waals surface area contributed by atoms with Crippen molar-refractivity contribution in [3.05, 3.63) is 23.0 Å². The summed E-state index contributed by atoms with van der Waals surface area (Å²) in [7, 11) is 2.22. The van der Waals surface area contributed by atoms with E-state index in [0.29, 0.717) is 12.0 Å². The lowest BCUT2D eigenvalue weighted by Gasteiger charge is -2.33. The number of hydrogen-bond acceptors (Lipinski definition) is 1. The molecule has 1 atom stereocenters. The Bertz CT molecular complexity index is 376. The van der Waals surface area contributed by atoms with Gasteiger partial charge in [-0.1, -0.05) is 20.8 Å². The summed E-state index contributed by atoms with van der Waals surface area (Å²) in [4.78, 5) is 2.56. The Labute approximate surface area is 99.3 Å². The largest absolute Gasteiger partial charge is 0.351 e. The first-order chi connectivity index (χ1) is 7.56. The predicted octanol–water partition coefficient (Wildman–Crippen LogP) is 3.09. The average molecular weight is 220 g/mol. The maximum Gasteiger partial charge on any atom is 0.0337 e. The van der Waals surface area contributed by atoms with Crippen molar-refractivity contribution in [2.75, 3.05) is 13.1 Å². The van der Waals surface area contributed by atoms with Crippen LogP contribution in [0, 0.1) is 0 Å². The maximum absolute atomic E-state index is 2.56. The molecule has 2 heteroatoms. The Morgan fingerprint density at radius 3 is 2.69 bits per heavy atom. The highest BCUT2D eigenvalue weighted by Gasteiger charge is 2.26. The first-order valence-electron chi connectivity index (χ1n) is 6.48. The number of likely N-dealkylation sites (N-methyl/N-ethyl adjacent to an activating group) is 1. The smallest absolute Gasteiger partial charge is 0.0337 e. The second-order valence-corrected chi connectivity index (χ2v) is 5.24. The molecule has 0 radical (unpaired) electrons. The third kappa shape index (κ3) is 1.69. The highest BCUT2D eigenvalue weighted by Crippen LogP contribution is 2.33. The van der Waals surface area contributed by atoms with Crippen molar-refractivity contribution < 1.29 is 0 Å². The van der Waals surface area contributed by atoms with Gasteiger partial charge in [-0.2, -0.15) is 0 Å². The Kier molecular flexibility index (Phi) is 3.11. The molecular weight excluding hydrogens is 196 g/mol. The van der Waals surface area contributed by atoms with E-state index in [-0.39, 0.29) is 0 Å². The van der Waals surface area contributed by atoms with E-state index in [4.69, 9.17) is 0 Å². The average Bonchev–Trinajstić information content (AvgIpc) is 2.58. The second-order valence-electron chi connectivity index (χ2n) is 5.24. The first kappa shape index (κ1) is 11.7. The number of nitrogens with zero attached hydrogens (tertiary/aromatic N) is 2. The van der Waals surface area contributed by atoms with Crippen molar-refractivity contribution in [1.82, 2.24) is 9.47 Å². The summed E-state index contributed by atoms with van der Waals surface area (Å²) in [5.41, 5.74) is 4.59. The fourth-order valence-electron chi connectivity index (χ4n) is 2.99. The molecule has 0 saturated carbocycles. The molecule has 0 N–H and O–H groups in total. The van der Waals surface area contributed by atoms with E-state index in [1.165, 1.54) is 18.7 Å². The van der Waals surface area contributed by atoms with Gasteiger partial charge in [0, 0.05) is 37.4 Å². The molecule has 2 heterocycles. The lowest BCUT2D eigenvalue weighted by molar-refractivity contribution is 0.207. The quantitative estimate of drug-likeness (QED) is 0.743. The van der Waals surface area contributed by atoms with Crippen LogP contribution in [-0.2, 0) is 13.5 Å². The van der Waals surface area contributed by atoms with Gasteiger partial charge in [0.25, 0.3) is 0 Å². The van der Waals surface area contributed by atoms with E-state index in [0.717, 1.165) is 6.54 Å². The zero-order chi connectivity index (χ0) is 11.9. The van der Waals surface area contributed by atoms with Crippen molar-refractivity contribution in [3.8, 4) is 0 Å². The zero-order valence-electron chi connectivity index (χ0n) is 11.2. The van der Waals surface area contributed by atoms with Crippen molar-refractivity contribution in [1.29, 1.82) is 0 Å². The summed E-state index contributed by atoms with van der Waals surface area (Å²) in [6.45, 7) is 11.5. The summed E-state index contributed by atoms with van der Waals surface area (Å²) in [6.07, 6.45) is 1.21. The minimum Gasteiger partial charge on any atom is -0.351 e. The molecular formula is C14H24N2. The molecule has 1 aromatic rings. The van der Waals surface area contributed by atoms with Gasteiger partial charge in [0.05, 0.1) is 0 Å². The van der Waals surface area contributed by atoms with Crippen LogP contribution in [0.2, 0.25) is 0 Å². The third-order valence-corrected chi connectivity index (χ3v) is 4.06. The summed E-state index contributed by atoms with van der Waals surface area (Å²) >= 11 is 0. The van der Waals surface area contributed by atoms with Crippen LogP contribution in [0.4, 0.5) is 0 Å². The Hall–Kier alpha value is -0.760. The van der Waals surface area contributed by atoms with Gasteiger partial charge >= 0.3 is 0 Å². The van der Waals surface area contributed by atoms with Crippen molar-refractivity contribution in [2.45, 2.75) is 46.1 Å².